The Morgan fingerprint density at radius 2 is 2.53 bits per heavy atom. The van der Waals surface area contributed by atoms with Gasteiger partial charge >= 0.3 is 5.91 Å². The highest BCUT2D eigenvalue weighted by Gasteiger charge is 2.17. The molecule has 5 nitrogen and oxygen atoms in total. The van der Waals surface area contributed by atoms with Gasteiger partial charge in [0.15, 0.2) is 5.76 Å². The van der Waals surface area contributed by atoms with Gasteiger partial charge in [-0.1, -0.05) is 6.92 Å². The summed E-state index contributed by atoms with van der Waals surface area (Å²) in [6.45, 7) is 1.97. The van der Waals surface area contributed by atoms with Crippen LogP contribution in [-0.2, 0) is 0 Å². The molecule has 2 rings (SSSR count). The third-order valence-corrected chi connectivity index (χ3v) is 2.65. The molecule has 1 aliphatic heterocycles. The summed E-state index contributed by atoms with van der Waals surface area (Å²) in [6, 6.07) is 3.20. The van der Waals surface area contributed by atoms with Crippen molar-refractivity contribution in [3.63, 3.8) is 0 Å². The van der Waals surface area contributed by atoms with Crippen LogP contribution in [0.1, 0.15) is 23.9 Å². The van der Waals surface area contributed by atoms with E-state index in [0.717, 1.165) is 11.5 Å². The topological polar surface area (TPSA) is 69.0 Å². The molecule has 0 bridgehead atoms. The lowest BCUT2D eigenvalue weighted by Gasteiger charge is -1.91. The first-order valence-electron chi connectivity index (χ1n) is 4.41. The van der Waals surface area contributed by atoms with Crippen LogP contribution in [0.2, 0.25) is 0 Å². The first kappa shape index (κ1) is 9.97. The Labute approximate surface area is 90.6 Å². The normalized spacial score (nSPS) is 17.7. The predicted molar refractivity (Wildman–Crippen MR) is 57.9 cm³/mol. The van der Waals surface area contributed by atoms with E-state index >= 15 is 0 Å². The van der Waals surface area contributed by atoms with Crippen LogP contribution in [0.4, 0.5) is 0 Å². The van der Waals surface area contributed by atoms with E-state index in [1.54, 1.807) is 12.1 Å². The molecule has 6 heteroatoms. The van der Waals surface area contributed by atoms with E-state index in [1.165, 1.54) is 18.0 Å². The number of carbonyl (C=O) groups is 1. The van der Waals surface area contributed by atoms with E-state index in [2.05, 4.69) is 15.5 Å². The summed E-state index contributed by atoms with van der Waals surface area (Å²) >= 11 is 1.31. The van der Waals surface area contributed by atoms with Gasteiger partial charge < -0.3 is 4.42 Å². The lowest BCUT2D eigenvalue weighted by molar-refractivity contribution is 0.0976. The Balaban J connectivity index is 2.04. The van der Waals surface area contributed by atoms with Crippen molar-refractivity contribution >= 4 is 27.9 Å². The SMILES string of the molecule is CCC1=N[N]C(=NC(=O)c2ccco2)S1. The molecule has 0 spiro atoms. The van der Waals surface area contributed by atoms with Crippen molar-refractivity contribution in [2.24, 2.45) is 10.1 Å². The number of nitrogens with zero attached hydrogens (tertiary/aromatic N) is 3. The molecule has 0 fully saturated rings. The summed E-state index contributed by atoms with van der Waals surface area (Å²) in [6.07, 6.45) is 2.22. The monoisotopic (exact) mass is 222 g/mol. The zero-order valence-corrected chi connectivity index (χ0v) is 8.82. The molecular weight excluding hydrogens is 214 g/mol. The minimum atomic E-state index is -0.432. The van der Waals surface area contributed by atoms with Gasteiger partial charge in [-0.25, -0.2) is 0 Å². The Morgan fingerprint density at radius 1 is 1.67 bits per heavy atom. The smallest absolute Gasteiger partial charge is 0.315 e. The summed E-state index contributed by atoms with van der Waals surface area (Å²) in [5, 5.41) is 5.09. The van der Waals surface area contributed by atoms with E-state index < -0.39 is 5.91 Å². The average Bonchev–Trinajstić information content (AvgIpc) is 2.87. The van der Waals surface area contributed by atoms with Gasteiger partial charge in [0, 0.05) is 0 Å². The third-order valence-electron chi connectivity index (χ3n) is 1.69. The van der Waals surface area contributed by atoms with Gasteiger partial charge in [0.2, 0.25) is 5.17 Å². The Hall–Kier alpha value is -1.56. The predicted octanol–water partition coefficient (Wildman–Crippen LogP) is 1.85. The molecule has 2 heterocycles. The van der Waals surface area contributed by atoms with Gasteiger partial charge in [0.25, 0.3) is 0 Å². The second-order valence-corrected chi connectivity index (χ2v) is 3.77. The van der Waals surface area contributed by atoms with Crippen LogP contribution >= 0.6 is 11.8 Å². The zero-order valence-electron chi connectivity index (χ0n) is 8.01. The molecule has 15 heavy (non-hydrogen) atoms. The van der Waals surface area contributed by atoms with Crippen LogP contribution in [0.15, 0.2) is 32.9 Å². The number of carbonyl (C=O) groups excluding carboxylic acids is 1. The molecule has 77 valence electrons. The highest BCUT2D eigenvalue weighted by atomic mass is 32.2. The van der Waals surface area contributed by atoms with Crippen LogP contribution in [0.25, 0.3) is 0 Å². The molecule has 1 aliphatic rings. The third kappa shape index (κ3) is 2.27. The molecule has 0 aromatic carbocycles. The second kappa shape index (κ2) is 4.31. The number of amides is 1. The van der Waals surface area contributed by atoms with Gasteiger partial charge in [-0.15, -0.1) is 10.5 Å². The number of hydrogen-bond acceptors (Lipinski definition) is 4. The maximum Gasteiger partial charge on any atom is 0.315 e. The Kier molecular flexibility index (Phi) is 2.86. The van der Waals surface area contributed by atoms with Crippen LogP contribution < -0.4 is 5.43 Å². The second-order valence-electron chi connectivity index (χ2n) is 2.73. The number of rotatable bonds is 2. The van der Waals surface area contributed by atoms with Crippen LogP contribution in [0.3, 0.4) is 0 Å². The standard InChI is InChI=1S/C9H8N3O2S/c1-2-7-11-12-9(15-7)10-8(13)6-4-3-5-14-6/h3-5H,2H2,1H3. The van der Waals surface area contributed by atoms with Crippen LogP contribution in [0, 0.1) is 0 Å². The van der Waals surface area contributed by atoms with Gasteiger partial charge in [-0.2, -0.15) is 4.99 Å². The molecule has 1 radical (unpaired) electrons. The highest BCUT2D eigenvalue weighted by Crippen LogP contribution is 2.16. The van der Waals surface area contributed by atoms with Crippen molar-refractivity contribution in [2.45, 2.75) is 13.3 Å². The number of hydrogen-bond donors (Lipinski definition) is 0. The fourth-order valence-corrected chi connectivity index (χ4v) is 1.62. The fraction of sp³-hybridized carbons (Fsp3) is 0.222. The molecule has 1 aromatic heterocycles. The summed E-state index contributed by atoms with van der Waals surface area (Å²) in [7, 11) is 0. The summed E-state index contributed by atoms with van der Waals surface area (Å²) in [5.41, 5.74) is 3.78. The molecule has 0 N–H and O–H groups in total. The van der Waals surface area contributed by atoms with E-state index in [9.17, 15) is 4.79 Å². The maximum atomic E-state index is 11.5. The minimum Gasteiger partial charge on any atom is -0.459 e. The first-order chi connectivity index (χ1) is 7.29. The highest BCUT2D eigenvalue weighted by molar-refractivity contribution is 8.26. The number of thioether (sulfide) groups is 1. The molecule has 0 aliphatic carbocycles. The van der Waals surface area contributed by atoms with E-state index in [-0.39, 0.29) is 5.76 Å². The molecule has 1 amide bonds. The van der Waals surface area contributed by atoms with Crippen molar-refractivity contribution in [1.29, 1.82) is 0 Å². The molecular formula is C9H8N3O2S. The Bertz CT molecular complexity index is 423. The first-order valence-corrected chi connectivity index (χ1v) is 5.23. The zero-order chi connectivity index (χ0) is 10.7. The average molecular weight is 222 g/mol. The molecule has 0 atom stereocenters. The van der Waals surface area contributed by atoms with Gasteiger partial charge in [0.1, 0.15) is 5.04 Å². The van der Waals surface area contributed by atoms with Gasteiger partial charge in [-0.05, 0) is 30.3 Å². The number of amidine groups is 1. The molecule has 0 saturated heterocycles. The maximum absolute atomic E-state index is 11.5. The number of aliphatic imine (C=N–C) groups is 1. The quantitative estimate of drug-likeness (QED) is 0.766. The van der Waals surface area contributed by atoms with E-state index in [1.807, 2.05) is 6.92 Å². The summed E-state index contributed by atoms with van der Waals surface area (Å²) in [4.78, 5) is 15.2. The molecule has 0 saturated carbocycles. The van der Waals surface area contributed by atoms with E-state index in [0.29, 0.717) is 5.17 Å². The van der Waals surface area contributed by atoms with Gasteiger partial charge in [-0.3, -0.25) is 4.79 Å². The van der Waals surface area contributed by atoms with Crippen molar-refractivity contribution < 1.29 is 9.21 Å². The van der Waals surface area contributed by atoms with E-state index in [4.69, 9.17) is 4.42 Å². The van der Waals surface area contributed by atoms with Crippen molar-refractivity contribution in [1.82, 2.24) is 5.43 Å². The van der Waals surface area contributed by atoms with Crippen molar-refractivity contribution in [3.8, 4) is 0 Å². The minimum absolute atomic E-state index is 0.211. The summed E-state index contributed by atoms with van der Waals surface area (Å²) in [5.74, 6) is -0.220. The Morgan fingerprint density at radius 3 is 3.13 bits per heavy atom. The lowest BCUT2D eigenvalue weighted by atomic mass is 10.4. The molecule has 0 unspecified atom stereocenters. The van der Waals surface area contributed by atoms with Crippen LogP contribution in [-0.4, -0.2) is 16.1 Å². The fourth-order valence-electron chi connectivity index (χ4n) is 0.975. The van der Waals surface area contributed by atoms with Crippen LogP contribution in [0.5, 0.6) is 0 Å². The largest absolute Gasteiger partial charge is 0.459 e. The van der Waals surface area contributed by atoms with Crippen molar-refractivity contribution in [2.75, 3.05) is 0 Å². The summed E-state index contributed by atoms with van der Waals surface area (Å²) < 4.78 is 4.91. The number of furan rings is 1. The van der Waals surface area contributed by atoms with Crippen molar-refractivity contribution in [3.05, 3.63) is 24.2 Å². The van der Waals surface area contributed by atoms with Gasteiger partial charge in [0.05, 0.1) is 6.26 Å². The molecule has 1 aromatic rings. The lowest BCUT2D eigenvalue weighted by Crippen LogP contribution is -2.04.